The van der Waals surface area contributed by atoms with Crippen LogP contribution in [0.1, 0.15) is 19.4 Å². The molecule has 0 saturated carbocycles. The van der Waals surface area contributed by atoms with Crippen LogP contribution in [0.5, 0.6) is 0 Å². The number of nitro groups is 1. The number of hydrogen-bond acceptors (Lipinski definition) is 5. The van der Waals surface area contributed by atoms with Crippen LogP contribution < -0.4 is 0 Å². The standard InChI is InChI=1S/C14H20N2O5S/c1-4-22(20,21)10-11(2)15(3)14(17)9-12-5-7-13(8-6-12)16(18)19/h5-8,11H,4,9-10H2,1-3H3/t11-/m1/s1. The van der Waals surface area contributed by atoms with E-state index in [2.05, 4.69) is 0 Å². The van der Waals surface area contributed by atoms with Gasteiger partial charge in [-0.05, 0) is 12.5 Å². The van der Waals surface area contributed by atoms with Gasteiger partial charge in [0.15, 0.2) is 9.84 Å². The molecule has 1 rings (SSSR count). The number of non-ortho nitro benzene ring substituents is 1. The van der Waals surface area contributed by atoms with E-state index in [1.165, 1.54) is 29.2 Å². The minimum atomic E-state index is -3.15. The Hall–Kier alpha value is -1.96. The van der Waals surface area contributed by atoms with Crippen LogP contribution in [0.4, 0.5) is 5.69 Å². The van der Waals surface area contributed by atoms with E-state index in [4.69, 9.17) is 0 Å². The number of nitro benzene ring substituents is 1. The van der Waals surface area contributed by atoms with Gasteiger partial charge in [0.2, 0.25) is 5.91 Å². The largest absolute Gasteiger partial charge is 0.342 e. The Labute approximate surface area is 130 Å². The van der Waals surface area contributed by atoms with E-state index in [-0.39, 0.29) is 29.5 Å². The highest BCUT2D eigenvalue weighted by atomic mass is 32.2. The molecule has 8 heteroatoms. The summed E-state index contributed by atoms with van der Waals surface area (Å²) < 4.78 is 23.2. The zero-order valence-electron chi connectivity index (χ0n) is 12.9. The van der Waals surface area contributed by atoms with Crippen molar-refractivity contribution < 1.29 is 18.1 Å². The van der Waals surface area contributed by atoms with E-state index in [0.717, 1.165) is 0 Å². The molecular formula is C14H20N2O5S. The summed E-state index contributed by atoms with van der Waals surface area (Å²) >= 11 is 0. The quantitative estimate of drug-likeness (QED) is 0.557. The van der Waals surface area contributed by atoms with Gasteiger partial charge in [-0.1, -0.05) is 19.1 Å². The first-order valence-electron chi connectivity index (χ1n) is 6.85. The summed E-state index contributed by atoms with van der Waals surface area (Å²) in [7, 11) is -1.60. The molecule has 0 radical (unpaired) electrons. The van der Waals surface area contributed by atoms with Gasteiger partial charge in [-0.3, -0.25) is 14.9 Å². The van der Waals surface area contributed by atoms with Gasteiger partial charge in [0.25, 0.3) is 5.69 Å². The fourth-order valence-corrected chi connectivity index (χ4v) is 3.07. The number of rotatable bonds is 7. The zero-order valence-corrected chi connectivity index (χ0v) is 13.7. The highest BCUT2D eigenvalue weighted by Crippen LogP contribution is 2.13. The molecule has 0 fully saturated rings. The van der Waals surface area contributed by atoms with Crippen molar-refractivity contribution in [3.05, 3.63) is 39.9 Å². The lowest BCUT2D eigenvalue weighted by Gasteiger charge is -2.24. The highest BCUT2D eigenvalue weighted by molar-refractivity contribution is 7.91. The summed E-state index contributed by atoms with van der Waals surface area (Å²) in [6, 6.07) is 5.31. The second kappa shape index (κ2) is 7.35. The molecule has 1 aromatic carbocycles. The zero-order chi connectivity index (χ0) is 16.9. The van der Waals surface area contributed by atoms with Crippen molar-refractivity contribution >= 4 is 21.4 Å². The Morgan fingerprint density at radius 3 is 2.32 bits per heavy atom. The predicted molar refractivity (Wildman–Crippen MR) is 83.4 cm³/mol. The molecular weight excluding hydrogens is 308 g/mol. The molecule has 122 valence electrons. The van der Waals surface area contributed by atoms with Crippen LogP contribution in [0.3, 0.4) is 0 Å². The average Bonchev–Trinajstić information content (AvgIpc) is 2.46. The monoisotopic (exact) mass is 328 g/mol. The van der Waals surface area contributed by atoms with Crippen molar-refractivity contribution in [3.8, 4) is 0 Å². The Bertz CT molecular complexity index is 640. The minimum absolute atomic E-state index is 0.0352. The fourth-order valence-electron chi connectivity index (χ4n) is 1.88. The molecule has 22 heavy (non-hydrogen) atoms. The Morgan fingerprint density at radius 1 is 1.32 bits per heavy atom. The third-order valence-electron chi connectivity index (χ3n) is 3.49. The van der Waals surface area contributed by atoms with Crippen molar-refractivity contribution in [2.24, 2.45) is 0 Å². The number of amides is 1. The Morgan fingerprint density at radius 2 is 1.86 bits per heavy atom. The van der Waals surface area contributed by atoms with Gasteiger partial charge in [-0.15, -0.1) is 0 Å². The fraction of sp³-hybridized carbons (Fsp3) is 0.500. The minimum Gasteiger partial charge on any atom is -0.342 e. The number of carbonyl (C=O) groups excluding carboxylic acids is 1. The maximum atomic E-state index is 12.1. The normalized spacial score (nSPS) is 12.7. The van der Waals surface area contributed by atoms with Crippen molar-refractivity contribution in [2.75, 3.05) is 18.6 Å². The third kappa shape index (κ3) is 5.10. The van der Waals surface area contributed by atoms with Crippen LogP contribution in [0.25, 0.3) is 0 Å². The van der Waals surface area contributed by atoms with E-state index in [1.54, 1.807) is 20.9 Å². The van der Waals surface area contributed by atoms with E-state index in [9.17, 15) is 23.3 Å². The molecule has 0 aliphatic carbocycles. The first-order valence-corrected chi connectivity index (χ1v) is 8.68. The molecule has 1 amide bonds. The van der Waals surface area contributed by atoms with Crippen LogP contribution in [-0.2, 0) is 21.1 Å². The van der Waals surface area contributed by atoms with E-state index < -0.39 is 20.8 Å². The van der Waals surface area contributed by atoms with Gasteiger partial charge < -0.3 is 4.90 Å². The third-order valence-corrected chi connectivity index (χ3v) is 5.36. The topological polar surface area (TPSA) is 97.6 Å². The van der Waals surface area contributed by atoms with Crippen LogP contribution in [0.15, 0.2) is 24.3 Å². The molecule has 0 saturated heterocycles. The molecule has 0 aromatic heterocycles. The Kier molecular flexibility index (Phi) is 6.04. The molecule has 0 aliphatic rings. The second-order valence-electron chi connectivity index (χ2n) is 5.15. The molecule has 0 N–H and O–H groups in total. The summed E-state index contributed by atoms with van der Waals surface area (Å²) in [5.41, 5.74) is 0.611. The average molecular weight is 328 g/mol. The maximum absolute atomic E-state index is 12.1. The van der Waals surface area contributed by atoms with Gasteiger partial charge in [0.1, 0.15) is 0 Å². The molecule has 0 spiro atoms. The van der Waals surface area contributed by atoms with Crippen LogP contribution >= 0.6 is 0 Å². The SMILES string of the molecule is CCS(=O)(=O)C[C@@H](C)N(C)C(=O)Cc1ccc([N+](=O)[O-])cc1. The second-order valence-corrected chi connectivity index (χ2v) is 7.55. The van der Waals surface area contributed by atoms with Crippen LogP contribution in [0, 0.1) is 10.1 Å². The van der Waals surface area contributed by atoms with Crippen molar-refractivity contribution in [2.45, 2.75) is 26.3 Å². The summed E-state index contributed by atoms with van der Waals surface area (Å²) in [6.45, 7) is 3.25. The molecule has 0 aliphatic heterocycles. The lowest BCUT2D eigenvalue weighted by molar-refractivity contribution is -0.384. The summed E-state index contributed by atoms with van der Waals surface area (Å²) in [4.78, 5) is 23.6. The van der Waals surface area contributed by atoms with Crippen molar-refractivity contribution in [1.29, 1.82) is 0 Å². The first kappa shape index (κ1) is 18.1. The van der Waals surface area contributed by atoms with E-state index in [1.807, 2.05) is 0 Å². The molecule has 0 heterocycles. The van der Waals surface area contributed by atoms with Gasteiger partial charge >= 0.3 is 0 Å². The van der Waals surface area contributed by atoms with Gasteiger partial charge in [-0.25, -0.2) is 8.42 Å². The van der Waals surface area contributed by atoms with Gasteiger partial charge in [-0.2, -0.15) is 0 Å². The summed E-state index contributed by atoms with van der Waals surface area (Å²) in [5, 5.41) is 10.6. The molecule has 0 bridgehead atoms. The van der Waals surface area contributed by atoms with Crippen molar-refractivity contribution in [3.63, 3.8) is 0 Å². The van der Waals surface area contributed by atoms with Crippen LogP contribution in [-0.4, -0.2) is 48.7 Å². The lowest BCUT2D eigenvalue weighted by atomic mass is 10.1. The predicted octanol–water partition coefficient (Wildman–Crippen LogP) is 1.42. The number of carbonyl (C=O) groups is 1. The van der Waals surface area contributed by atoms with Gasteiger partial charge in [0, 0.05) is 31.0 Å². The summed E-state index contributed by atoms with van der Waals surface area (Å²) in [6.07, 6.45) is 0.0744. The smallest absolute Gasteiger partial charge is 0.269 e. The number of likely N-dealkylation sites (N-methyl/N-ethyl adjacent to an activating group) is 1. The van der Waals surface area contributed by atoms with Crippen LogP contribution in [0.2, 0.25) is 0 Å². The number of hydrogen-bond donors (Lipinski definition) is 0. The highest BCUT2D eigenvalue weighted by Gasteiger charge is 2.21. The molecule has 7 nitrogen and oxygen atoms in total. The first-order chi connectivity index (χ1) is 10.2. The van der Waals surface area contributed by atoms with Gasteiger partial charge in [0.05, 0.1) is 17.1 Å². The molecule has 0 unspecified atom stereocenters. The maximum Gasteiger partial charge on any atom is 0.269 e. The summed E-state index contributed by atoms with van der Waals surface area (Å²) in [5.74, 6) is -0.263. The molecule has 1 aromatic rings. The number of benzene rings is 1. The number of nitrogens with zero attached hydrogens (tertiary/aromatic N) is 2. The van der Waals surface area contributed by atoms with E-state index in [0.29, 0.717) is 5.56 Å². The van der Waals surface area contributed by atoms with E-state index >= 15 is 0 Å². The molecule has 1 atom stereocenters. The number of sulfone groups is 1. The lowest BCUT2D eigenvalue weighted by Crippen LogP contribution is -2.40. The van der Waals surface area contributed by atoms with Crippen molar-refractivity contribution in [1.82, 2.24) is 4.90 Å². The Balaban J connectivity index is 2.69.